The SMILES string of the molecule is CN1CCc2c(cncc2C(=O)NCCc2cccnc2)C1. The summed E-state index contributed by atoms with van der Waals surface area (Å²) in [6.07, 6.45) is 8.82. The highest BCUT2D eigenvalue weighted by molar-refractivity contribution is 5.95. The van der Waals surface area contributed by atoms with E-state index in [-0.39, 0.29) is 5.91 Å². The van der Waals surface area contributed by atoms with E-state index in [0.717, 1.165) is 48.2 Å². The molecule has 114 valence electrons. The number of rotatable bonds is 4. The maximum atomic E-state index is 12.4. The first-order valence-electron chi connectivity index (χ1n) is 7.55. The van der Waals surface area contributed by atoms with Crippen molar-refractivity contribution in [3.63, 3.8) is 0 Å². The van der Waals surface area contributed by atoms with Crippen molar-refractivity contribution in [2.24, 2.45) is 0 Å². The molecular weight excluding hydrogens is 276 g/mol. The molecule has 0 aromatic carbocycles. The van der Waals surface area contributed by atoms with E-state index in [9.17, 15) is 4.79 Å². The van der Waals surface area contributed by atoms with Crippen LogP contribution in [0.2, 0.25) is 0 Å². The largest absolute Gasteiger partial charge is 0.352 e. The highest BCUT2D eigenvalue weighted by Crippen LogP contribution is 2.20. The lowest BCUT2D eigenvalue weighted by Crippen LogP contribution is -2.31. The van der Waals surface area contributed by atoms with Gasteiger partial charge in [-0.3, -0.25) is 14.8 Å². The number of hydrogen-bond acceptors (Lipinski definition) is 4. The molecule has 2 aromatic rings. The Labute approximate surface area is 130 Å². The zero-order valence-electron chi connectivity index (χ0n) is 12.7. The van der Waals surface area contributed by atoms with E-state index < -0.39 is 0 Å². The van der Waals surface area contributed by atoms with Crippen LogP contribution in [-0.4, -0.2) is 40.9 Å². The van der Waals surface area contributed by atoms with Gasteiger partial charge in [-0.25, -0.2) is 0 Å². The summed E-state index contributed by atoms with van der Waals surface area (Å²) in [5.41, 5.74) is 4.15. The van der Waals surface area contributed by atoms with Crippen LogP contribution in [0.25, 0.3) is 0 Å². The molecule has 1 aliphatic rings. The molecule has 0 bridgehead atoms. The summed E-state index contributed by atoms with van der Waals surface area (Å²) in [6, 6.07) is 3.92. The van der Waals surface area contributed by atoms with Gasteiger partial charge in [-0.1, -0.05) is 6.07 Å². The van der Waals surface area contributed by atoms with E-state index in [2.05, 4.69) is 27.2 Å². The minimum absolute atomic E-state index is 0.0298. The molecule has 1 aliphatic heterocycles. The predicted octanol–water partition coefficient (Wildman–Crippen LogP) is 1.44. The molecular formula is C17H20N4O. The smallest absolute Gasteiger partial charge is 0.253 e. The summed E-state index contributed by atoms with van der Waals surface area (Å²) in [5.74, 6) is -0.0298. The van der Waals surface area contributed by atoms with Gasteiger partial charge in [0.2, 0.25) is 0 Å². The molecule has 0 unspecified atom stereocenters. The van der Waals surface area contributed by atoms with Crippen LogP contribution >= 0.6 is 0 Å². The molecule has 3 heterocycles. The van der Waals surface area contributed by atoms with Crippen LogP contribution in [0.15, 0.2) is 36.9 Å². The van der Waals surface area contributed by atoms with Crippen LogP contribution in [-0.2, 0) is 19.4 Å². The van der Waals surface area contributed by atoms with Crippen LogP contribution < -0.4 is 5.32 Å². The van der Waals surface area contributed by atoms with Gasteiger partial charge in [0.1, 0.15) is 0 Å². The third-order valence-corrected chi connectivity index (χ3v) is 4.00. The number of carbonyl (C=O) groups excluding carboxylic acids is 1. The number of nitrogens with one attached hydrogen (secondary N) is 1. The molecule has 3 rings (SSSR count). The Morgan fingerprint density at radius 2 is 2.23 bits per heavy atom. The van der Waals surface area contributed by atoms with Gasteiger partial charge in [-0.05, 0) is 42.6 Å². The molecule has 0 radical (unpaired) electrons. The zero-order valence-corrected chi connectivity index (χ0v) is 12.7. The van der Waals surface area contributed by atoms with E-state index in [1.807, 2.05) is 24.5 Å². The molecule has 0 spiro atoms. The molecule has 0 saturated carbocycles. The quantitative estimate of drug-likeness (QED) is 0.927. The minimum Gasteiger partial charge on any atom is -0.352 e. The number of hydrogen-bond donors (Lipinski definition) is 1. The van der Waals surface area contributed by atoms with E-state index in [1.165, 1.54) is 0 Å². The number of nitrogens with zero attached hydrogens (tertiary/aromatic N) is 3. The second-order valence-corrected chi connectivity index (χ2v) is 5.68. The fraction of sp³-hybridized carbons (Fsp3) is 0.353. The molecule has 0 atom stereocenters. The Balaban J connectivity index is 1.64. The minimum atomic E-state index is -0.0298. The van der Waals surface area contributed by atoms with Gasteiger partial charge in [0.15, 0.2) is 0 Å². The first kappa shape index (κ1) is 14.7. The molecule has 0 aliphatic carbocycles. The first-order valence-corrected chi connectivity index (χ1v) is 7.55. The lowest BCUT2D eigenvalue weighted by molar-refractivity contribution is 0.0952. The van der Waals surface area contributed by atoms with Crippen LogP contribution in [0.3, 0.4) is 0 Å². The number of pyridine rings is 2. The van der Waals surface area contributed by atoms with Crippen LogP contribution in [0.1, 0.15) is 27.0 Å². The van der Waals surface area contributed by atoms with Gasteiger partial charge in [0, 0.05) is 44.4 Å². The number of carbonyl (C=O) groups is 1. The van der Waals surface area contributed by atoms with Crippen molar-refractivity contribution in [1.29, 1.82) is 0 Å². The molecule has 0 saturated heterocycles. The Morgan fingerprint density at radius 1 is 1.32 bits per heavy atom. The first-order chi connectivity index (χ1) is 10.7. The van der Waals surface area contributed by atoms with Crippen molar-refractivity contribution in [3.8, 4) is 0 Å². The highest BCUT2D eigenvalue weighted by atomic mass is 16.1. The second-order valence-electron chi connectivity index (χ2n) is 5.68. The number of fused-ring (bicyclic) bond motifs is 1. The highest BCUT2D eigenvalue weighted by Gasteiger charge is 2.20. The second kappa shape index (κ2) is 6.66. The van der Waals surface area contributed by atoms with Crippen molar-refractivity contribution in [2.45, 2.75) is 19.4 Å². The Morgan fingerprint density at radius 3 is 3.05 bits per heavy atom. The summed E-state index contributed by atoms with van der Waals surface area (Å²) in [6.45, 7) is 2.44. The summed E-state index contributed by atoms with van der Waals surface area (Å²) < 4.78 is 0. The standard InChI is InChI=1S/C17H20N4O/c1-21-8-5-15-14(12-21)10-19-11-16(15)17(22)20-7-4-13-3-2-6-18-9-13/h2-3,6,9-11H,4-5,7-8,12H2,1H3,(H,20,22). The average molecular weight is 296 g/mol. The monoisotopic (exact) mass is 296 g/mol. The van der Waals surface area contributed by atoms with Crippen LogP contribution in [0.4, 0.5) is 0 Å². The van der Waals surface area contributed by atoms with Crippen molar-refractivity contribution >= 4 is 5.91 Å². The van der Waals surface area contributed by atoms with Gasteiger partial charge in [0.05, 0.1) is 5.56 Å². The third-order valence-electron chi connectivity index (χ3n) is 4.00. The summed E-state index contributed by atoms with van der Waals surface area (Å²) in [5, 5.41) is 2.99. The molecule has 0 fully saturated rings. The Bertz CT molecular complexity index is 657. The molecule has 5 nitrogen and oxygen atoms in total. The van der Waals surface area contributed by atoms with Gasteiger partial charge in [0.25, 0.3) is 5.91 Å². The molecule has 5 heteroatoms. The fourth-order valence-electron chi connectivity index (χ4n) is 2.79. The van der Waals surface area contributed by atoms with Gasteiger partial charge >= 0.3 is 0 Å². The van der Waals surface area contributed by atoms with E-state index in [0.29, 0.717) is 6.54 Å². The van der Waals surface area contributed by atoms with Crippen molar-refractivity contribution in [1.82, 2.24) is 20.2 Å². The Kier molecular flexibility index (Phi) is 4.44. The molecule has 22 heavy (non-hydrogen) atoms. The number of amides is 1. The molecule has 1 amide bonds. The average Bonchev–Trinajstić information content (AvgIpc) is 2.55. The summed E-state index contributed by atoms with van der Waals surface area (Å²) >= 11 is 0. The fourth-order valence-corrected chi connectivity index (χ4v) is 2.79. The molecule has 1 N–H and O–H groups in total. The summed E-state index contributed by atoms with van der Waals surface area (Å²) in [7, 11) is 2.09. The van der Waals surface area contributed by atoms with Gasteiger partial charge in [-0.2, -0.15) is 0 Å². The maximum Gasteiger partial charge on any atom is 0.253 e. The van der Waals surface area contributed by atoms with Gasteiger partial charge < -0.3 is 10.2 Å². The lowest BCUT2D eigenvalue weighted by Gasteiger charge is -2.26. The maximum absolute atomic E-state index is 12.4. The van der Waals surface area contributed by atoms with Crippen molar-refractivity contribution < 1.29 is 4.79 Å². The van der Waals surface area contributed by atoms with E-state index in [1.54, 1.807) is 12.4 Å². The normalized spacial score (nSPS) is 14.4. The van der Waals surface area contributed by atoms with Crippen molar-refractivity contribution in [2.75, 3.05) is 20.1 Å². The zero-order chi connectivity index (χ0) is 15.4. The van der Waals surface area contributed by atoms with Crippen LogP contribution in [0, 0.1) is 0 Å². The lowest BCUT2D eigenvalue weighted by atomic mass is 9.97. The number of likely N-dealkylation sites (N-methyl/N-ethyl adjacent to an activating group) is 1. The van der Waals surface area contributed by atoms with E-state index in [4.69, 9.17) is 0 Å². The topological polar surface area (TPSA) is 58.1 Å². The van der Waals surface area contributed by atoms with Crippen molar-refractivity contribution in [3.05, 3.63) is 59.2 Å². The number of aromatic nitrogens is 2. The molecule has 2 aromatic heterocycles. The summed E-state index contributed by atoms with van der Waals surface area (Å²) in [4.78, 5) is 23.0. The van der Waals surface area contributed by atoms with E-state index >= 15 is 0 Å². The van der Waals surface area contributed by atoms with Gasteiger partial charge in [-0.15, -0.1) is 0 Å². The van der Waals surface area contributed by atoms with Crippen LogP contribution in [0.5, 0.6) is 0 Å². The Hall–Kier alpha value is -2.27. The predicted molar refractivity (Wildman–Crippen MR) is 84.5 cm³/mol. The third kappa shape index (κ3) is 3.31.